The Bertz CT molecular complexity index is 775. The van der Waals surface area contributed by atoms with Gasteiger partial charge in [-0.15, -0.1) is 0 Å². The normalized spacial score (nSPS) is 11.8. The first kappa shape index (κ1) is 19.5. The van der Waals surface area contributed by atoms with Crippen molar-refractivity contribution in [2.75, 3.05) is 13.7 Å². The highest BCUT2D eigenvalue weighted by Crippen LogP contribution is 2.24. The Hall–Kier alpha value is -2.82. The number of hydrogen-bond acceptors (Lipinski definition) is 4. The number of hydrazone groups is 1. The molecule has 2 aromatic carbocycles. The first-order chi connectivity index (χ1) is 12.3. The van der Waals surface area contributed by atoms with Crippen LogP contribution in [-0.2, 0) is 10.2 Å². The number of para-hydroxylation sites is 1. The number of nitrogens with one attached hydrogen (secondary N) is 1. The van der Waals surface area contributed by atoms with Crippen LogP contribution < -0.4 is 14.9 Å². The highest BCUT2D eigenvalue weighted by Gasteiger charge is 2.13. The fraction of sp³-hybridized carbons (Fsp3) is 0.333. The summed E-state index contributed by atoms with van der Waals surface area (Å²) in [6.45, 7) is 8.16. The molecule has 2 aromatic rings. The van der Waals surface area contributed by atoms with E-state index in [2.05, 4.69) is 31.3 Å². The number of carbonyl (C=O) groups excluding carboxylic acids is 1. The average Bonchev–Trinajstić information content (AvgIpc) is 2.64. The molecule has 2 rings (SSSR count). The zero-order valence-electron chi connectivity index (χ0n) is 16.0. The van der Waals surface area contributed by atoms with E-state index in [1.165, 1.54) is 5.56 Å². The molecule has 0 bridgehead atoms. The second kappa shape index (κ2) is 8.52. The van der Waals surface area contributed by atoms with Gasteiger partial charge in [0.05, 0.1) is 12.8 Å². The molecule has 1 N–H and O–H groups in total. The number of ether oxygens (including phenoxy) is 2. The molecule has 0 aliphatic carbocycles. The molecule has 0 aliphatic heterocycles. The van der Waals surface area contributed by atoms with Crippen LogP contribution >= 0.6 is 0 Å². The fourth-order valence-electron chi connectivity index (χ4n) is 2.38. The number of amides is 1. The molecule has 0 unspecified atom stereocenters. The van der Waals surface area contributed by atoms with Crippen molar-refractivity contribution in [2.45, 2.75) is 33.1 Å². The average molecular weight is 354 g/mol. The predicted molar refractivity (Wildman–Crippen MR) is 104 cm³/mol. The Balaban J connectivity index is 1.90. The zero-order valence-corrected chi connectivity index (χ0v) is 16.0. The molecule has 0 saturated carbocycles. The highest BCUT2D eigenvalue weighted by atomic mass is 16.5. The Morgan fingerprint density at radius 2 is 1.73 bits per heavy atom. The first-order valence-corrected chi connectivity index (χ1v) is 8.51. The van der Waals surface area contributed by atoms with Crippen LogP contribution in [0.3, 0.4) is 0 Å². The summed E-state index contributed by atoms with van der Waals surface area (Å²) in [6.07, 6.45) is 0. The summed E-state index contributed by atoms with van der Waals surface area (Å²) in [5.41, 5.74) is 5.29. The summed E-state index contributed by atoms with van der Waals surface area (Å²) in [6, 6.07) is 15.3. The van der Waals surface area contributed by atoms with Gasteiger partial charge in [0.15, 0.2) is 6.61 Å². The van der Waals surface area contributed by atoms with Crippen molar-refractivity contribution in [2.24, 2.45) is 5.10 Å². The Morgan fingerprint density at radius 3 is 2.35 bits per heavy atom. The number of carbonyl (C=O) groups is 1. The number of benzene rings is 2. The van der Waals surface area contributed by atoms with Crippen molar-refractivity contribution in [1.82, 2.24) is 5.43 Å². The molecular formula is C21H26N2O3. The second-order valence-electron chi connectivity index (χ2n) is 7.00. The van der Waals surface area contributed by atoms with Crippen LogP contribution in [0.2, 0.25) is 0 Å². The van der Waals surface area contributed by atoms with Gasteiger partial charge in [0, 0.05) is 5.56 Å². The third-order valence-electron chi connectivity index (χ3n) is 3.94. The molecule has 0 spiro atoms. The van der Waals surface area contributed by atoms with E-state index in [9.17, 15) is 4.79 Å². The van der Waals surface area contributed by atoms with Gasteiger partial charge in [0.1, 0.15) is 11.5 Å². The Labute approximate surface area is 155 Å². The smallest absolute Gasteiger partial charge is 0.277 e. The van der Waals surface area contributed by atoms with Crippen molar-refractivity contribution in [3.8, 4) is 11.5 Å². The lowest BCUT2D eigenvalue weighted by Crippen LogP contribution is -2.25. The second-order valence-corrected chi connectivity index (χ2v) is 7.00. The summed E-state index contributed by atoms with van der Waals surface area (Å²) in [7, 11) is 1.60. The van der Waals surface area contributed by atoms with Gasteiger partial charge < -0.3 is 9.47 Å². The maximum atomic E-state index is 12.0. The minimum atomic E-state index is -0.320. The number of rotatable bonds is 6. The number of methoxy groups -OCH3 is 1. The van der Waals surface area contributed by atoms with Crippen molar-refractivity contribution in [1.29, 1.82) is 0 Å². The largest absolute Gasteiger partial charge is 0.496 e. The van der Waals surface area contributed by atoms with Gasteiger partial charge in [-0.3, -0.25) is 4.79 Å². The van der Waals surface area contributed by atoms with E-state index >= 15 is 0 Å². The van der Waals surface area contributed by atoms with Crippen LogP contribution in [0.4, 0.5) is 0 Å². The zero-order chi connectivity index (χ0) is 19.2. The minimum absolute atomic E-state index is 0.0840. The van der Waals surface area contributed by atoms with E-state index < -0.39 is 0 Å². The van der Waals surface area contributed by atoms with Crippen LogP contribution in [0.25, 0.3) is 0 Å². The molecule has 0 radical (unpaired) electrons. The molecule has 0 aliphatic rings. The maximum absolute atomic E-state index is 12.0. The highest BCUT2D eigenvalue weighted by molar-refractivity contribution is 6.01. The maximum Gasteiger partial charge on any atom is 0.277 e. The molecule has 0 fully saturated rings. The van der Waals surface area contributed by atoms with Crippen LogP contribution in [0, 0.1) is 0 Å². The van der Waals surface area contributed by atoms with Gasteiger partial charge >= 0.3 is 0 Å². The van der Waals surface area contributed by atoms with E-state index in [1.54, 1.807) is 7.11 Å². The summed E-state index contributed by atoms with van der Waals surface area (Å²) in [5, 5.41) is 4.12. The van der Waals surface area contributed by atoms with E-state index in [4.69, 9.17) is 9.47 Å². The molecular weight excluding hydrogens is 328 g/mol. The molecule has 5 heteroatoms. The van der Waals surface area contributed by atoms with Crippen molar-refractivity contribution >= 4 is 11.6 Å². The first-order valence-electron chi connectivity index (χ1n) is 8.51. The molecule has 1 amide bonds. The fourth-order valence-corrected chi connectivity index (χ4v) is 2.38. The van der Waals surface area contributed by atoms with Crippen LogP contribution in [0.15, 0.2) is 53.6 Å². The molecule has 5 nitrogen and oxygen atoms in total. The summed E-state index contributed by atoms with van der Waals surface area (Å²) in [5.74, 6) is 1.04. The summed E-state index contributed by atoms with van der Waals surface area (Å²) in [4.78, 5) is 12.0. The third kappa shape index (κ3) is 5.34. The van der Waals surface area contributed by atoms with Gasteiger partial charge in [-0.1, -0.05) is 45.0 Å². The van der Waals surface area contributed by atoms with Gasteiger partial charge in [0.2, 0.25) is 0 Å². The van der Waals surface area contributed by atoms with E-state index in [0.717, 1.165) is 5.56 Å². The van der Waals surface area contributed by atoms with E-state index in [1.807, 2.05) is 55.5 Å². The van der Waals surface area contributed by atoms with E-state index in [-0.39, 0.29) is 17.9 Å². The van der Waals surface area contributed by atoms with Crippen molar-refractivity contribution in [3.63, 3.8) is 0 Å². The van der Waals surface area contributed by atoms with Crippen molar-refractivity contribution in [3.05, 3.63) is 59.7 Å². The Kier molecular flexibility index (Phi) is 6.39. The quantitative estimate of drug-likeness (QED) is 0.632. The van der Waals surface area contributed by atoms with Crippen LogP contribution in [0.5, 0.6) is 11.5 Å². The lowest BCUT2D eigenvalue weighted by molar-refractivity contribution is -0.123. The van der Waals surface area contributed by atoms with Gasteiger partial charge in [-0.05, 0) is 42.2 Å². The molecule has 26 heavy (non-hydrogen) atoms. The topological polar surface area (TPSA) is 59.9 Å². The monoisotopic (exact) mass is 354 g/mol. The van der Waals surface area contributed by atoms with Gasteiger partial charge in [-0.2, -0.15) is 5.10 Å². The summed E-state index contributed by atoms with van der Waals surface area (Å²) >= 11 is 0. The minimum Gasteiger partial charge on any atom is -0.496 e. The standard InChI is InChI=1S/C21H26N2O3/c1-15(18-8-6-7-9-19(18)25-5)22-23-20(24)14-26-17-12-10-16(11-13-17)21(2,3)4/h6-13H,14H2,1-5H3,(H,23,24). The van der Waals surface area contributed by atoms with E-state index in [0.29, 0.717) is 17.2 Å². The molecule has 138 valence electrons. The SMILES string of the molecule is COc1ccccc1C(C)=NNC(=O)COc1ccc(C(C)(C)C)cc1. The van der Waals surface area contributed by atoms with Crippen molar-refractivity contribution < 1.29 is 14.3 Å². The molecule has 0 aromatic heterocycles. The number of hydrogen-bond donors (Lipinski definition) is 1. The molecule has 0 heterocycles. The Morgan fingerprint density at radius 1 is 1.08 bits per heavy atom. The molecule has 0 atom stereocenters. The third-order valence-corrected chi connectivity index (χ3v) is 3.94. The lowest BCUT2D eigenvalue weighted by Gasteiger charge is -2.19. The van der Waals surface area contributed by atoms with Crippen LogP contribution in [-0.4, -0.2) is 25.3 Å². The van der Waals surface area contributed by atoms with Crippen LogP contribution in [0.1, 0.15) is 38.8 Å². The predicted octanol–water partition coefficient (Wildman–Crippen LogP) is 3.91. The molecule has 0 saturated heterocycles. The number of nitrogens with zero attached hydrogens (tertiary/aromatic N) is 1. The lowest BCUT2D eigenvalue weighted by atomic mass is 9.87. The summed E-state index contributed by atoms with van der Waals surface area (Å²) < 4.78 is 10.8. The van der Waals surface area contributed by atoms with Gasteiger partial charge in [-0.25, -0.2) is 5.43 Å². The van der Waals surface area contributed by atoms with Gasteiger partial charge in [0.25, 0.3) is 5.91 Å².